The second-order valence-electron chi connectivity index (χ2n) is 5.73. The second kappa shape index (κ2) is 4.79. The first-order chi connectivity index (χ1) is 8.08. The van der Waals surface area contributed by atoms with Crippen molar-refractivity contribution in [1.82, 2.24) is 4.90 Å². The molecule has 1 fully saturated rings. The molecule has 1 aliphatic heterocycles. The van der Waals surface area contributed by atoms with Crippen LogP contribution in [0.4, 0.5) is 0 Å². The Morgan fingerprint density at radius 2 is 1.88 bits per heavy atom. The van der Waals surface area contributed by atoms with Gasteiger partial charge in [0.05, 0.1) is 0 Å². The summed E-state index contributed by atoms with van der Waals surface area (Å²) in [5.74, 6) is 1.30. The molecule has 2 rings (SSSR count). The lowest BCUT2D eigenvalue weighted by molar-refractivity contribution is -0.00177. The highest BCUT2D eigenvalue weighted by Crippen LogP contribution is 2.35. The molecular formula is C15H24N2. The number of hydrogen-bond donors (Lipinski definition) is 1. The van der Waals surface area contributed by atoms with Gasteiger partial charge in [0.2, 0.25) is 0 Å². The summed E-state index contributed by atoms with van der Waals surface area (Å²) in [6, 6.07) is 10.8. The molecule has 1 saturated heterocycles. The van der Waals surface area contributed by atoms with Gasteiger partial charge in [-0.15, -0.1) is 0 Å². The van der Waals surface area contributed by atoms with Crippen molar-refractivity contribution in [3.8, 4) is 0 Å². The topological polar surface area (TPSA) is 29.3 Å². The van der Waals surface area contributed by atoms with E-state index in [0.717, 1.165) is 19.6 Å². The van der Waals surface area contributed by atoms with E-state index in [9.17, 15) is 0 Å². The SMILES string of the molecule is CC(C)C(C)(CN)N1CC(c2ccccc2)C1. The predicted octanol–water partition coefficient (Wildman–Crippen LogP) is 2.46. The number of likely N-dealkylation sites (tertiary alicyclic amines) is 1. The largest absolute Gasteiger partial charge is 0.329 e. The number of hydrogen-bond acceptors (Lipinski definition) is 2. The van der Waals surface area contributed by atoms with E-state index in [1.165, 1.54) is 5.56 Å². The average Bonchev–Trinajstić information content (AvgIpc) is 2.28. The van der Waals surface area contributed by atoms with E-state index in [-0.39, 0.29) is 5.54 Å². The van der Waals surface area contributed by atoms with Gasteiger partial charge < -0.3 is 5.73 Å². The lowest BCUT2D eigenvalue weighted by Crippen LogP contribution is -2.63. The molecule has 0 saturated carbocycles. The molecule has 0 radical (unpaired) electrons. The van der Waals surface area contributed by atoms with Crippen LogP contribution in [-0.2, 0) is 0 Å². The van der Waals surface area contributed by atoms with Gasteiger partial charge in [0.1, 0.15) is 0 Å². The average molecular weight is 232 g/mol. The molecule has 94 valence electrons. The summed E-state index contributed by atoms with van der Waals surface area (Å²) in [6.07, 6.45) is 0. The zero-order chi connectivity index (χ0) is 12.5. The molecule has 1 heterocycles. The lowest BCUT2D eigenvalue weighted by atomic mass is 9.80. The van der Waals surface area contributed by atoms with Crippen LogP contribution in [0.15, 0.2) is 30.3 Å². The summed E-state index contributed by atoms with van der Waals surface area (Å²) >= 11 is 0. The fourth-order valence-electron chi connectivity index (χ4n) is 2.56. The molecule has 0 aromatic heterocycles. The molecule has 1 aromatic carbocycles. The third-order valence-corrected chi connectivity index (χ3v) is 4.53. The van der Waals surface area contributed by atoms with E-state index in [0.29, 0.717) is 11.8 Å². The van der Waals surface area contributed by atoms with Crippen molar-refractivity contribution in [2.75, 3.05) is 19.6 Å². The molecule has 2 heteroatoms. The third-order valence-electron chi connectivity index (χ3n) is 4.53. The minimum absolute atomic E-state index is 0.158. The van der Waals surface area contributed by atoms with Crippen molar-refractivity contribution in [3.05, 3.63) is 35.9 Å². The van der Waals surface area contributed by atoms with E-state index >= 15 is 0 Å². The van der Waals surface area contributed by atoms with Crippen LogP contribution in [0.5, 0.6) is 0 Å². The Bertz CT molecular complexity index is 354. The van der Waals surface area contributed by atoms with Crippen LogP contribution in [0.3, 0.4) is 0 Å². The number of rotatable bonds is 4. The Morgan fingerprint density at radius 1 is 1.29 bits per heavy atom. The van der Waals surface area contributed by atoms with E-state index in [4.69, 9.17) is 5.73 Å². The summed E-state index contributed by atoms with van der Waals surface area (Å²) in [5.41, 5.74) is 7.58. The Balaban J connectivity index is 1.99. The summed E-state index contributed by atoms with van der Waals surface area (Å²) in [7, 11) is 0. The van der Waals surface area contributed by atoms with E-state index < -0.39 is 0 Å². The Kier molecular flexibility index (Phi) is 3.55. The van der Waals surface area contributed by atoms with Crippen LogP contribution in [0.2, 0.25) is 0 Å². The normalized spacial score (nSPS) is 21.2. The van der Waals surface area contributed by atoms with Crippen LogP contribution in [-0.4, -0.2) is 30.1 Å². The van der Waals surface area contributed by atoms with Crippen molar-refractivity contribution < 1.29 is 0 Å². The lowest BCUT2D eigenvalue weighted by Gasteiger charge is -2.52. The number of nitrogens with zero attached hydrogens (tertiary/aromatic N) is 1. The molecule has 0 amide bonds. The van der Waals surface area contributed by atoms with Crippen molar-refractivity contribution in [2.24, 2.45) is 11.7 Å². The van der Waals surface area contributed by atoms with Gasteiger partial charge in [-0.05, 0) is 18.4 Å². The predicted molar refractivity (Wildman–Crippen MR) is 73.1 cm³/mol. The molecule has 17 heavy (non-hydrogen) atoms. The van der Waals surface area contributed by atoms with E-state index in [2.05, 4.69) is 56.0 Å². The Morgan fingerprint density at radius 3 is 2.35 bits per heavy atom. The maximum atomic E-state index is 5.96. The second-order valence-corrected chi connectivity index (χ2v) is 5.73. The number of benzene rings is 1. The minimum Gasteiger partial charge on any atom is -0.329 e. The molecule has 1 aromatic rings. The summed E-state index contributed by atoms with van der Waals surface area (Å²) in [4.78, 5) is 2.54. The first-order valence-electron chi connectivity index (χ1n) is 6.58. The Hall–Kier alpha value is -0.860. The summed E-state index contributed by atoms with van der Waals surface area (Å²) in [5, 5.41) is 0. The van der Waals surface area contributed by atoms with E-state index in [1.807, 2.05) is 0 Å². The molecule has 1 atom stereocenters. The van der Waals surface area contributed by atoms with Gasteiger partial charge in [0.15, 0.2) is 0 Å². The standard InChI is InChI=1S/C15H24N2/c1-12(2)15(3,11-16)17-9-14(10-17)13-7-5-4-6-8-13/h4-8,12,14H,9-11,16H2,1-3H3. The van der Waals surface area contributed by atoms with Crippen LogP contribution >= 0.6 is 0 Å². The molecule has 1 unspecified atom stereocenters. The monoisotopic (exact) mass is 232 g/mol. The van der Waals surface area contributed by atoms with Crippen molar-refractivity contribution in [1.29, 1.82) is 0 Å². The van der Waals surface area contributed by atoms with Gasteiger partial charge >= 0.3 is 0 Å². The highest BCUT2D eigenvalue weighted by atomic mass is 15.3. The maximum Gasteiger partial charge on any atom is 0.0326 e. The Labute approximate surface area is 105 Å². The van der Waals surface area contributed by atoms with Gasteiger partial charge in [0.25, 0.3) is 0 Å². The first-order valence-corrected chi connectivity index (χ1v) is 6.58. The van der Waals surface area contributed by atoms with Crippen molar-refractivity contribution >= 4 is 0 Å². The molecule has 2 N–H and O–H groups in total. The minimum atomic E-state index is 0.158. The van der Waals surface area contributed by atoms with Gasteiger partial charge in [-0.1, -0.05) is 44.2 Å². The summed E-state index contributed by atoms with van der Waals surface area (Å²) in [6.45, 7) is 9.86. The zero-order valence-corrected chi connectivity index (χ0v) is 11.2. The fourth-order valence-corrected chi connectivity index (χ4v) is 2.56. The molecular weight excluding hydrogens is 208 g/mol. The summed E-state index contributed by atoms with van der Waals surface area (Å²) < 4.78 is 0. The fraction of sp³-hybridized carbons (Fsp3) is 0.600. The number of nitrogens with two attached hydrogens (primary N) is 1. The molecule has 1 aliphatic rings. The molecule has 0 spiro atoms. The van der Waals surface area contributed by atoms with Gasteiger partial charge in [0, 0.05) is 31.1 Å². The van der Waals surface area contributed by atoms with Crippen LogP contribution < -0.4 is 5.73 Å². The van der Waals surface area contributed by atoms with Crippen LogP contribution in [0.25, 0.3) is 0 Å². The highest BCUT2D eigenvalue weighted by Gasteiger charge is 2.41. The van der Waals surface area contributed by atoms with Gasteiger partial charge in [-0.2, -0.15) is 0 Å². The van der Waals surface area contributed by atoms with Crippen LogP contribution in [0.1, 0.15) is 32.3 Å². The highest BCUT2D eigenvalue weighted by molar-refractivity contribution is 5.23. The van der Waals surface area contributed by atoms with E-state index in [1.54, 1.807) is 0 Å². The molecule has 0 aliphatic carbocycles. The maximum absolute atomic E-state index is 5.96. The molecule has 0 bridgehead atoms. The molecule has 2 nitrogen and oxygen atoms in total. The van der Waals surface area contributed by atoms with Gasteiger partial charge in [-0.25, -0.2) is 0 Å². The third kappa shape index (κ3) is 2.24. The smallest absolute Gasteiger partial charge is 0.0326 e. The van der Waals surface area contributed by atoms with Crippen LogP contribution in [0, 0.1) is 5.92 Å². The van der Waals surface area contributed by atoms with Crippen molar-refractivity contribution in [3.63, 3.8) is 0 Å². The van der Waals surface area contributed by atoms with Crippen molar-refractivity contribution in [2.45, 2.75) is 32.2 Å². The first kappa shape index (κ1) is 12.6. The quantitative estimate of drug-likeness (QED) is 0.864. The van der Waals surface area contributed by atoms with Gasteiger partial charge in [-0.3, -0.25) is 4.90 Å². The zero-order valence-electron chi connectivity index (χ0n) is 11.2.